The lowest BCUT2D eigenvalue weighted by Gasteiger charge is -2.33. The Hall–Kier alpha value is -1.03. The number of likely N-dealkylation sites (tertiary alicyclic amines) is 1. The van der Waals surface area contributed by atoms with Gasteiger partial charge in [0.25, 0.3) is 5.91 Å². The Labute approximate surface area is 126 Å². The SMILES string of the molecule is O=C(C#CC1CC1)N1CCCCC1c1[nH]ncc1I. The van der Waals surface area contributed by atoms with Gasteiger partial charge in [0.2, 0.25) is 0 Å². The Balaban J connectivity index is 1.79. The number of amides is 1. The van der Waals surface area contributed by atoms with E-state index in [9.17, 15) is 4.79 Å². The van der Waals surface area contributed by atoms with Crippen LogP contribution in [-0.2, 0) is 4.79 Å². The topological polar surface area (TPSA) is 49.0 Å². The fraction of sp³-hybridized carbons (Fsp3) is 0.571. The Kier molecular flexibility index (Phi) is 3.78. The first kappa shape index (κ1) is 13.0. The first-order chi connectivity index (χ1) is 9.25. The number of aromatic nitrogens is 2. The predicted octanol–water partition coefficient (Wildman–Crippen LogP) is 2.48. The van der Waals surface area contributed by atoms with E-state index in [4.69, 9.17) is 0 Å². The molecular weight excluding hydrogens is 353 g/mol. The van der Waals surface area contributed by atoms with E-state index in [1.54, 1.807) is 0 Å². The van der Waals surface area contributed by atoms with Crippen LogP contribution >= 0.6 is 22.6 Å². The average molecular weight is 369 g/mol. The van der Waals surface area contributed by atoms with Gasteiger partial charge in [-0.05, 0) is 60.6 Å². The van der Waals surface area contributed by atoms with Gasteiger partial charge < -0.3 is 4.90 Å². The van der Waals surface area contributed by atoms with Crippen LogP contribution in [0.4, 0.5) is 0 Å². The highest BCUT2D eigenvalue weighted by Gasteiger charge is 2.30. The average Bonchev–Trinajstić information content (AvgIpc) is 3.17. The molecule has 1 aliphatic carbocycles. The summed E-state index contributed by atoms with van der Waals surface area (Å²) in [6.07, 6.45) is 7.33. The van der Waals surface area contributed by atoms with Gasteiger partial charge in [0, 0.05) is 12.5 Å². The summed E-state index contributed by atoms with van der Waals surface area (Å²) in [4.78, 5) is 14.2. The van der Waals surface area contributed by atoms with E-state index in [1.165, 1.54) is 0 Å². The van der Waals surface area contributed by atoms with Crippen LogP contribution in [0.2, 0.25) is 0 Å². The normalized spacial score (nSPS) is 22.8. The van der Waals surface area contributed by atoms with Gasteiger partial charge in [-0.15, -0.1) is 0 Å². The van der Waals surface area contributed by atoms with Crippen molar-refractivity contribution >= 4 is 28.5 Å². The zero-order valence-electron chi connectivity index (χ0n) is 10.7. The van der Waals surface area contributed by atoms with Crippen LogP contribution in [0.3, 0.4) is 0 Å². The number of carbonyl (C=O) groups excluding carboxylic acids is 1. The lowest BCUT2D eigenvalue weighted by atomic mass is 9.99. The first-order valence-corrected chi connectivity index (χ1v) is 7.84. The second-order valence-electron chi connectivity index (χ2n) is 5.19. The monoisotopic (exact) mass is 369 g/mol. The molecule has 0 spiro atoms. The molecule has 1 amide bonds. The molecule has 1 unspecified atom stereocenters. The van der Waals surface area contributed by atoms with Crippen LogP contribution in [0.15, 0.2) is 6.20 Å². The summed E-state index contributed by atoms with van der Waals surface area (Å²) in [5.74, 6) is 6.34. The van der Waals surface area contributed by atoms with Gasteiger partial charge in [-0.3, -0.25) is 9.89 Å². The minimum absolute atomic E-state index is 0.0259. The lowest BCUT2D eigenvalue weighted by Crippen LogP contribution is -2.38. The Bertz CT molecular complexity index is 538. The minimum Gasteiger partial charge on any atom is -0.323 e. The summed E-state index contributed by atoms with van der Waals surface area (Å²) < 4.78 is 1.09. The second kappa shape index (κ2) is 5.53. The largest absolute Gasteiger partial charge is 0.323 e. The van der Waals surface area contributed by atoms with E-state index in [0.29, 0.717) is 5.92 Å². The molecule has 1 atom stereocenters. The quantitative estimate of drug-likeness (QED) is 0.611. The Morgan fingerprint density at radius 1 is 1.42 bits per heavy atom. The van der Waals surface area contributed by atoms with E-state index < -0.39 is 0 Å². The molecule has 19 heavy (non-hydrogen) atoms. The van der Waals surface area contributed by atoms with Gasteiger partial charge in [0.05, 0.1) is 21.5 Å². The van der Waals surface area contributed by atoms with E-state index in [1.807, 2.05) is 11.1 Å². The maximum atomic E-state index is 12.3. The number of nitrogens with one attached hydrogen (secondary N) is 1. The van der Waals surface area contributed by atoms with Crippen molar-refractivity contribution in [3.8, 4) is 11.8 Å². The number of nitrogens with zero attached hydrogens (tertiary/aromatic N) is 2. The second-order valence-corrected chi connectivity index (χ2v) is 6.35. The van der Waals surface area contributed by atoms with Crippen molar-refractivity contribution < 1.29 is 4.79 Å². The summed E-state index contributed by atoms with van der Waals surface area (Å²) >= 11 is 2.27. The van der Waals surface area contributed by atoms with Crippen LogP contribution in [0, 0.1) is 21.3 Å². The minimum atomic E-state index is -0.0259. The number of piperidine rings is 1. The molecule has 1 saturated carbocycles. The smallest absolute Gasteiger partial charge is 0.299 e. The van der Waals surface area contributed by atoms with Crippen molar-refractivity contribution in [3.63, 3.8) is 0 Å². The maximum absolute atomic E-state index is 12.3. The highest BCUT2D eigenvalue weighted by atomic mass is 127. The van der Waals surface area contributed by atoms with Crippen LogP contribution in [0.25, 0.3) is 0 Å². The number of H-pyrrole nitrogens is 1. The number of carbonyl (C=O) groups is 1. The van der Waals surface area contributed by atoms with Gasteiger partial charge in [-0.2, -0.15) is 5.10 Å². The molecule has 2 heterocycles. The first-order valence-electron chi connectivity index (χ1n) is 6.76. The molecule has 0 bridgehead atoms. The number of halogens is 1. The van der Waals surface area contributed by atoms with Gasteiger partial charge in [0.15, 0.2) is 0 Å². The molecular formula is C14H16IN3O. The molecule has 2 fully saturated rings. The maximum Gasteiger partial charge on any atom is 0.299 e. The van der Waals surface area contributed by atoms with E-state index in [-0.39, 0.29) is 11.9 Å². The number of hydrogen-bond acceptors (Lipinski definition) is 2. The summed E-state index contributed by atoms with van der Waals surface area (Å²) in [6.45, 7) is 0.804. The predicted molar refractivity (Wildman–Crippen MR) is 80.1 cm³/mol. The fourth-order valence-corrected chi connectivity index (χ4v) is 3.07. The molecule has 1 aromatic heterocycles. The summed E-state index contributed by atoms with van der Waals surface area (Å²) in [5.41, 5.74) is 1.06. The molecule has 1 N–H and O–H groups in total. The summed E-state index contributed by atoms with van der Waals surface area (Å²) in [7, 11) is 0. The number of hydrogen-bond donors (Lipinski definition) is 1. The van der Waals surface area contributed by atoms with Crippen molar-refractivity contribution in [1.29, 1.82) is 0 Å². The van der Waals surface area contributed by atoms with Crippen molar-refractivity contribution in [2.24, 2.45) is 5.92 Å². The van der Waals surface area contributed by atoms with Crippen LogP contribution in [0.1, 0.15) is 43.8 Å². The van der Waals surface area contributed by atoms with E-state index in [0.717, 1.165) is 47.9 Å². The number of aromatic amines is 1. The van der Waals surface area contributed by atoms with Crippen LogP contribution < -0.4 is 0 Å². The number of rotatable bonds is 1. The zero-order chi connectivity index (χ0) is 13.2. The molecule has 4 nitrogen and oxygen atoms in total. The van der Waals surface area contributed by atoms with Crippen molar-refractivity contribution in [3.05, 3.63) is 15.5 Å². The van der Waals surface area contributed by atoms with Gasteiger partial charge >= 0.3 is 0 Å². The van der Waals surface area contributed by atoms with Gasteiger partial charge in [0.1, 0.15) is 0 Å². The third-order valence-electron chi connectivity index (χ3n) is 3.68. The summed E-state index contributed by atoms with van der Waals surface area (Å²) in [5, 5.41) is 7.11. The van der Waals surface area contributed by atoms with E-state index >= 15 is 0 Å². The third-order valence-corrected chi connectivity index (χ3v) is 4.54. The summed E-state index contributed by atoms with van der Waals surface area (Å²) in [6, 6.07) is 0.115. The van der Waals surface area contributed by atoms with E-state index in [2.05, 4.69) is 44.6 Å². The lowest BCUT2D eigenvalue weighted by molar-refractivity contribution is -0.128. The molecule has 0 radical (unpaired) electrons. The van der Waals surface area contributed by atoms with Crippen LogP contribution in [0.5, 0.6) is 0 Å². The third kappa shape index (κ3) is 2.94. The van der Waals surface area contributed by atoms with Crippen molar-refractivity contribution in [2.45, 2.75) is 38.1 Å². The molecule has 100 valence electrons. The standard InChI is InChI=1S/C14H16IN3O/c15-11-9-16-17-14(11)12-3-1-2-8-18(12)13(19)7-6-10-4-5-10/h9-10,12H,1-5,8H2,(H,16,17). The van der Waals surface area contributed by atoms with Gasteiger partial charge in [-0.1, -0.05) is 5.92 Å². The Morgan fingerprint density at radius 3 is 2.95 bits per heavy atom. The molecule has 1 aliphatic heterocycles. The van der Waals surface area contributed by atoms with Gasteiger partial charge in [-0.25, -0.2) is 0 Å². The molecule has 3 rings (SSSR count). The highest BCUT2D eigenvalue weighted by molar-refractivity contribution is 14.1. The molecule has 5 heteroatoms. The Morgan fingerprint density at radius 2 is 2.26 bits per heavy atom. The van der Waals surface area contributed by atoms with Crippen molar-refractivity contribution in [1.82, 2.24) is 15.1 Å². The molecule has 1 aromatic rings. The molecule has 1 saturated heterocycles. The zero-order valence-corrected chi connectivity index (χ0v) is 12.8. The highest BCUT2D eigenvalue weighted by Crippen LogP contribution is 2.32. The molecule has 0 aromatic carbocycles. The van der Waals surface area contributed by atoms with Crippen molar-refractivity contribution in [2.75, 3.05) is 6.54 Å². The fourth-order valence-electron chi connectivity index (χ4n) is 2.45. The molecule has 2 aliphatic rings. The van der Waals surface area contributed by atoms with Crippen LogP contribution in [-0.4, -0.2) is 27.5 Å².